The van der Waals surface area contributed by atoms with Gasteiger partial charge in [-0.05, 0) is 32.3 Å². The molecule has 0 radical (unpaired) electrons. The first-order valence-electron chi connectivity index (χ1n) is 9.61. The van der Waals surface area contributed by atoms with Crippen LogP contribution in [0.5, 0.6) is 0 Å². The van der Waals surface area contributed by atoms with Gasteiger partial charge in [0.05, 0.1) is 11.3 Å². The van der Waals surface area contributed by atoms with E-state index in [1.165, 1.54) is 0 Å². The molecule has 2 atom stereocenters. The number of benzene rings is 1. The van der Waals surface area contributed by atoms with Crippen LogP contribution in [0.15, 0.2) is 30.3 Å². The van der Waals surface area contributed by atoms with Gasteiger partial charge in [-0.1, -0.05) is 30.3 Å². The van der Waals surface area contributed by atoms with Crippen molar-refractivity contribution in [2.75, 3.05) is 0 Å². The summed E-state index contributed by atoms with van der Waals surface area (Å²) in [4.78, 5) is 14.6. The zero-order valence-corrected chi connectivity index (χ0v) is 16.2. The lowest BCUT2D eigenvalue weighted by atomic mass is 9.79. The molecule has 1 amide bonds. The maximum Gasteiger partial charge on any atom is 0.410 e. The lowest BCUT2D eigenvalue weighted by Crippen LogP contribution is -2.52. The number of hydrogen-bond donors (Lipinski definition) is 1. The first kappa shape index (κ1) is 18.0. The number of ether oxygens (including phenoxy) is 1. The maximum absolute atomic E-state index is 12.7. The Bertz CT molecular complexity index is 832. The molecule has 6 heteroatoms. The molecule has 2 aliphatic rings. The van der Waals surface area contributed by atoms with Gasteiger partial charge in [-0.3, -0.25) is 4.68 Å². The van der Waals surface area contributed by atoms with E-state index in [1.807, 2.05) is 60.8 Å². The fourth-order valence-corrected chi connectivity index (χ4v) is 4.97. The van der Waals surface area contributed by atoms with Gasteiger partial charge in [0.15, 0.2) is 0 Å². The number of amides is 1. The molecule has 6 nitrogen and oxygen atoms in total. The predicted octanol–water partition coefficient (Wildman–Crippen LogP) is 3.19. The number of aryl methyl sites for hydroxylation is 2. The summed E-state index contributed by atoms with van der Waals surface area (Å²) in [5.74, 6) is 0. The van der Waals surface area contributed by atoms with Gasteiger partial charge in [0, 0.05) is 43.2 Å². The summed E-state index contributed by atoms with van der Waals surface area (Å²) in [5.41, 5.74) is 2.85. The van der Waals surface area contributed by atoms with E-state index in [4.69, 9.17) is 4.74 Å². The van der Waals surface area contributed by atoms with Crippen molar-refractivity contribution in [3.05, 3.63) is 52.8 Å². The molecule has 144 valence electrons. The Morgan fingerprint density at radius 2 is 1.85 bits per heavy atom. The van der Waals surface area contributed by atoms with E-state index in [9.17, 15) is 9.90 Å². The van der Waals surface area contributed by atoms with Gasteiger partial charge in [-0.25, -0.2) is 4.79 Å². The Kier molecular flexibility index (Phi) is 4.46. The van der Waals surface area contributed by atoms with Gasteiger partial charge >= 0.3 is 6.09 Å². The SMILES string of the molecule is Cc1nn(C)c(C)c1C1(O)CC2CCC(C1)N2C(=O)OCc1ccccc1. The van der Waals surface area contributed by atoms with Gasteiger partial charge in [0.25, 0.3) is 0 Å². The molecule has 2 unspecified atom stereocenters. The number of carbonyl (C=O) groups excluding carboxylic acids is 1. The molecule has 2 fully saturated rings. The topological polar surface area (TPSA) is 67.6 Å². The van der Waals surface area contributed by atoms with E-state index in [0.29, 0.717) is 12.8 Å². The molecular weight excluding hydrogens is 342 g/mol. The third-order valence-corrected chi connectivity index (χ3v) is 6.16. The number of aromatic nitrogens is 2. The van der Waals surface area contributed by atoms with Crippen molar-refractivity contribution < 1.29 is 14.6 Å². The van der Waals surface area contributed by atoms with Gasteiger partial charge in [-0.15, -0.1) is 0 Å². The molecule has 1 aromatic carbocycles. The van der Waals surface area contributed by atoms with Crippen molar-refractivity contribution in [3.63, 3.8) is 0 Å². The second-order valence-corrected chi connectivity index (χ2v) is 7.94. The van der Waals surface area contributed by atoms with Crippen molar-refractivity contribution in [1.82, 2.24) is 14.7 Å². The molecular formula is C21H27N3O3. The zero-order chi connectivity index (χ0) is 19.2. The number of hydrogen-bond acceptors (Lipinski definition) is 4. The summed E-state index contributed by atoms with van der Waals surface area (Å²) in [5, 5.41) is 15.9. The highest BCUT2D eigenvalue weighted by atomic mass is 16.6. The Hall–Kier alpha value is -2.34. The first-order valence-corrected chi connectivity index (χ1v) is 9.61. The second kappa shape index (κ2) is 6.68. The van der Waals surface area contributed by atoms with Gasteiger partial charge in [0.2, 0.25) is 0 Å². The fraction of sp³-hybridized carbons (Fsp3) is 0.524. The minimum Gasteiger partial charge on any atom is -0.445 e. The van der Waals surface area contributed by atoms with Crippen LogP contribution in [0.25, 0.3) is 0 Å². The molecule has 2 aromatic rings. The van der Waals surface area contributed by atoms with E-state index in [2.05, 4.69) is 5.10 Å². The number of fused-ring (bicyclic) bond motifs is 2. The van der Waals surface area contributed by atoms with Gasteiger partial charge in [0.1, 0.15) is 6.61 Å². The molecule has 2 saturated heterocycles. The molecule has 27 heavy (non-hydrogen) atoms. The lowest BCUT2D eigenvalue weighted by molar-refractivity contribution is -0.0544. The largest absolute Gasteiger partial charge is 0.445 e. The minimum atomic E-state index is -0.926. The Morgan fingerprint density at radius 1 is 1.22 bits per heavy atom. The molecule has 3 heterocycles. The number of aliphatic hydroxyl groups is 1. The van der Waals surface area contributed by atoms with E-state index in [0.717, 1.165) is 35.4 Å². The van der Waals surface area contributed by atoms with Crippen LogP contribution in [0, 0.1) is 13.8 Å². The number of rotatable bonds is 3. The van der Waals surface area contributed by atoms with Crippen LogP contribution in [0.1, 0.15) is 48.2 Å². The average Bonchev–Trinajstić information content (AvgIpc) is 3.07. The molecule has 4 rings (SSSR count). The van der Waals surface area contributed by atoms with E-state index in [-0.39, 0.29) is 24.8 Å². The van der Waals surface area contributed by atoms with Crippen molar-refractivity contribution in [2.45, 2.75) is 63.8 Å². The molecule has 0 aliphatic carbocycles. The maximum atomic E-state index is 12.7. The van der Waals surface area contributed by atoms with Crippen LogP contribution in [-0.4, -0.2) is 38.0 Å². The van der Waals surface area contributed by atoms with Crippen LogP contribution in [-0.2, 0) is 24.0 Å². The third kappa shape index (κ3) is 3.12. The summed E-state index contributed by atoms with van der Waals surface area (Å²) in [6.07, 6.45) is 2.62. The van der Waals surface area contributed by atoms with Crippen molar-refractivity contribution in [2.24, 2.45) is 7.05 Å². The summed E-state index contributed by atoms with van der Waals surface area (Å²) >= 11 is 0. The third-order valence-electron chi connectivity index (χ3n) is 6.16. The smallest absolute Gasteiger partial charge is 0.410 e. The number of piperidine rings is 1. The predicted molar refractivity (Wildman–Crippen MR) is 101 cm³/mol. The normalized spacial score (nSPS) is 27.0. The molecule has 1 N–H and O–H groups in total. The highest BCUT2D eigenvalue weighted by Crippen LogP contribution is 2.47. The Morgan fingerprint density at radius 3 is 2.41 bits per heavy atom. The standard InChI is InChI=1S/C21H27N3O3/c1-14-19(15(2)23(3)22-14)21(26)11-17-9-10-18(12-21)24(17)20(25)27-13-16-7-5-4-6-8-16/h4-8,17-18,26H,9-13H2,1-3H3. The summed E-state index contributed by atoms with van der Waals surface area (Å²) < 4.78 is 7.39. The molecule has 1 aromatic heterocycles. The van der Waals surface area contributed by atoms with E-state index < -0.39 is 5.60 Å². The number of carbonyl (C=O) groups is 1. The molecule has 0 saturated carbocycles. The first-order chi connectivity index (χ1) is 12.9. The Balaban J connectivity index is 1.49. The second-order valence-electron chi connectivity index (χ2n) is 7.94. The summed E-state index contributed by atoms with van der Waals surface area (Å²) in [6.45, 7) is 4.22. The zero-order valence-electron chi connectivity index (χ0n) is 16.2. The highest BCUT2D eigenvalue weighted by Gasteiger charge is 2.52. The summed E-state index contributed by atoms with van der Waals surface area (Å²) in [7, 11) is 1.90. The quantitative estimate of drug-likeness (QED) is 0.902. The van der Waals surface area contributed by atoms with Gasteiger partial charge < -0.3 is 14.7 Å². The van der Waals surface area contributed by atoms with E-state index >= 15 is 0 Å². The molecule has 0 spiro atoms. The minimum absolute atomic E-state index is 0.0102. The van der Waals surface area contributed by atoms with Crippen molar-refractivity contribution >= 4 is 6.09 Å². The van der Waals surface area contributed by atoms with Crippen LogP contribution in [0.2, 0.25) is 0 Å². The number of nitrogens with zero attached hydrogens (tertiary/aromatic N) is 3. The monoisotopic (exact) mass is 369 g/mol. The lowest BCUT2D eigenvalue weighted by Gasteiger charge is -2.43. The fourth-order valence-electron chi connectivity index (χ4n) is 4.97. The summed E-state index contributed by atoms with van der Waals surface area (Å²) in [6, 6.07) is 9.74. The van der Waals surface area contributed by atoms with Crippen LogP contribution >= 0.6 is 0 Å². The van der Waals surface area contributed by atoms with Crippen LogP contribution in [0.3, 0.4) is 0 Å². The van der Waals surface area contributed by atoms with Gasteiger partial charge in [-0.2, -0.15) is 5.10 Å². The van der Waals surface area contributed by atoms with Crippen molar-refractivity contribution in [1.29, 1.82) is 0 Å². The molecule has 2 aliphatic heterocycles. The van der Waals surface area contributed by atoms with Crippen LogP contribution < -0.4 is 0 Å². The van der Waals surface area contributed by atoms with E-state index in [1.54, 1.807) is 0 Å². The average molecular weight is 369 g/mol. The Labute approximate surface area is 159 Å². The molecule has 2 bridgehead atoms. The van der Waals surface area contributed by atoms with Crippen LogP contribution in [0.4, 0.5) is 4.79 Å². The highest BCUT2D eigenvalue weighted by molar-refractivity contribution is 5.69. The van der Waals surface area contributed by atoms with Crippen molar-refractivity contribution in [3.8, 4) is 0 Å².